The van der Waals surface area contributed by atoms with Crippen LogP contribution in [0.3, 0.4) is 0 Å². The molecular weight excluding hydrogens is 334 g/mol. The predicted molar refractivity (Wildman–Crippen MR) is 98.6 cm³/mol. The van der Waals surface area contributed by atoms with Crippen molar-refractivity contribution in [2.24, 2.45) is 5.73 Å². The molecule has 3 rings (SSSR count). The molecule has 0 fully saturated rings. The number of aromatic amines is 1. The van der Waals surface area contributed by atoms with Crippen molar-refractivity contribution in [3.63, 3.8) is 0 Å². The lowest BCUT2D eigenvalue weighted by molar-refractivity contribution is -0.115. The van der Waals surface area contributed by atoms with E-state index in [1.54, 1.807) is 28.8 Å². The number of amides is 1. The minimum atomic E-state index is -0.224. The summed E-state index contributed by atoms with van der Waals surface area (Å²) in [5, 5.41) is 5.54. The first-order valence-electron chi connectivity index (χ1n) is 8.28. The van der Waals surface area contributed by atoms with Gasteiger partial charge in [0.25, 0.3) is 5.56 Å². The highest BCUT2D eigenvalue weighted by Gasteiger charge is 2.14. The Balaban J connectivity index is 1.74. The summed E-state index contributed by atoms with van der Waals surface area (Å²) in [7, 11) is 0. The van der Waals surface area contributed by atoms with Crippen LogP contribution in [-0.4, -0.2) is 33.7 Å². The molecule has 0 spiro atoms. The molecule has 2 aromatic heterocycles. The second-order valence-electron chi connectivity index (χ2n) is 5.96. The van der Waals surface area contributed by atoms with E-state index in [0.29, 0.717) is 30.2 Å². The lowest BCUT2D eigenvalue weighted by Crippen LogP contribution is -2.18. The number of H-pyrrole nitrogens is 1. The zero-order valence-electron chi connectivity index (χ0n) is 14.7. The molecule has 0 aliphatic carbocycles. The molecule has 4 N–H and O–H groups in total. The van der Waals surface area contributed by atoms with Crippen LogP contribution < -0.4 is 21.3 Å². The van der Waals surface area contributed by atoms with E-state index in [4.69, 9.17) is 10.5 Å². The Morgan fingerprint density at radius 3 is 2.73 bits per heavy atom. The van der Waals surface area contributed by atoms with Crippen molar-refractivity contribution in [1.29, 1.82) is 0 Å². The van der Waals surface area contributed by atoms with E-state index in [-0.39, 0.29) is 17.9 Å². The molecule has 1 aromatic carbocycles. The molecule has 0 unspecified atom stereocenters. The van der Waals surface area contributed by atoms with Crippen LogP contribution in [0.25, 0.3) is 5.65 Å². The third kappa shape index (κ3) is 3.75. The van der Waals surface area contributed by atoms with Gasteiger partial charge in [0.05, 0.1) is 6.42 Å². The number of nitrogens with one attached hydrogen (secondary N) is 2. The number of aryl methyl sites for hydroxylation is 2. The summed E-state index contributed by atoms with van der Waals surface area (Å²) in [4.78, 5) is 28.3. The van der Waals surface area contributed by atoms with E-state index in [0.717, 1.165) is 17.0 Å². The lowest BCUT2D eigenvalue weighted by Gasteiger charge is -2.12. The van der Waals surface area contributed by atoms with Crippen molar-refractivity contribution in [3.05, 3.63) is 57.6 Å². The molecule has 0 aliphatic heterocycles. The second kappa shape index (κ2) is 7.40. The van der Waals surface area contributed by atoms with Gasteiger partial charge < -0.3 is 15.8 Å². The number of carbonyl (C=O) groups is 1. The topological polar surface area (TPSA) is 115 Å². The van der Waals surface area contributed by atoms with Crippen molar-refractivity contribution in [1.82, 2.24) is 14.6 Å². The Morgan fingerprint density at radius 2 is 2.04 bits per heavy atom. The molecule has 0 aliphatic rings. The number of ether oxygens (including phenoxy) is 1. The monoisotopic (exact) mass is 355 g/mol. The van der Waals surface area contributed by atoms with Gasteiger partial charge in [0.2, 0.25) is 5.91 Å². The van der Waals surface area contributed by atoms with E-state index in [2.05, 4.69) is 15.4 Å². The SMILES string of the molecule is Cc1nc2cc(=O)[nH]n2c(C)c1CC(=O)Nc1ccc(OCCN)cc1. The first-order valence-corrected chi connectivity index (χ1v) is 8.28. The van der Waals surface area contributed by atoms with Crippen LogP contribution in [0.2, 0.25) is 0 Å². The van der Waals surface area contributed by atoms with Gasteiger partial charge in [-0.3, -0.25) is 14.7 Å². The van der Waals surface area contributed by atoms with E-state index in [1.165, 1.54) is 6.07 Å². The fourth-order valence-electron chi connectivity index (χ4n) is 2.79. The van der Waals surface area contributed by atoms with Gasteiger partial charge in [-0.2, -0.15) is 0 Å². The van der Waals surface area contributed by atoms with Gasteiger partial charge in [-0.25, -0.2) is 9.50 Å². The zero-order valence-corrected chi connectivity index (χ0v) is 14.7. The fraction of sp³-hybridized carbons (Fsp3) is 0.278. The molecular formula is C18H21N5O3. The maximum absolute atomic E-state index is 12.4. The number of hydrogen-bond acceptors (Lipinski definition) is 5. The smallest absolute Gasteiger partial charge is 0.266 e. The van der Waals surface area contributed by atoms with E-state index < -0.39 is 0 Å². The first-order chi connectivity index (χ1) is 12.5. The fourth-order valence-corrected chi connectivity index (χ4v) is 2.79. The molecule has 0 bridgehead atoms. The number of nitrogens with zero attached hydrogens (tertiary/aromatic N) is 2. The predicted octanol–water partition coefficient (Wildman–Crippen LogP) is 1.16. The van der Waals surface area contributed by atoms with Gasteiger partial charge in [-0.05, 0) is 38.1 Å². The summed E-state index contributed by atoms with van der Waals surface area (Å²) in [6.45, 7) is 4.57. The molecule has 1 amide bonds. The molecule has 3 aromatic rings. The minimum absolute atomic E-state index is 0.159. The molecule has 8 heteroatoms. The standard InChI is InChI=1S/C18H21N5O3/c1-11-15(12(2)23-16(20-11)10-18(25)22-23)9-17(24)21-13-3-5-14(6-4-13)26-8-7-19/h3-6,10H,7-9,19H2,1-2H3,(H,21,24)(H,22,25). The molecule has 0 radical (unpaired) electrons. The molecule has 136 valence electrons. The largest absolute Gasteiger partial charge is 0.492 e. The summed E-state index contributed by atoms with van der Waals surface area (Å²) in [5.41, 5.74) is 8.69. The van der Waals surface area contributed by atoms with Gasteiger partial charge in [-0.15, -0.1) is 0 Å². The summed E-state index contributed by atoms with van der Waals surface area (Å²) in [6, 6.07) is 8.53. The lowest BCUT2D eigenvalue weighted by atomic mass is 10.1. The molecule has 0 saturated heterocycles. The van der Waals surface area contributed by atoms with Crippen molar-refractivity contribution >= 4 is 17.2 Å². The molecule has 2 heterocycles. The van der Waals surface area contributed by atoms with Gasteiger partial charge in [0.1, 0.15) is 12.4 Å². The van der Waals surface area contributed by atoms with Gasteiger partial charge >= 0.3 is 0 Å². The highest BCUT2D eigenvalue weighted by atomic mass is 16.5. The Labute approximate surface area is 150 Å². The Bertz CT molecular complexity index is 988. The first kappa shape index (κ1) is 17.7. The summed E-state index contributed by atoms with van der Waals surface area (Å²) in [6.07, 6.45) is 0.159. The van der Waals surface area contributed by atoms with Gasteiger partial charge in [0, 0.05) is 35.2 Å². The van der Waals surface area contributed by atoms with Crippen LogP contribution >= 0.6 is 0 Å². The summed E-state index contributed by atoms with van der Waals surface area (Å²) >= 11 is 0. The van der Waals surface area contributed by atoms with E-state index >= 15 is 0 Å². The second-order valence-corrected chi connectivity index (χ2v) is 5.96. The summed E-state index contributed by atoms with van der Waals surface area (Å²) in [5.74, 6) is 0.536. The minimum Gasteiger partial charge on any atom is -0.492 e. The number of carbonyl (C=O) groups excluding carboxylic acids is 1. The van der Waals surface area contributed by atoms with Crippen LogP contribution in [-0.2, 0) is 11.2 Å². The van der Waals surface area contributed by atoms with Gasteiger partial charge in [0.15, 0.2) is 5.65 Å². The van der Waals surface area contributed by atoms with Gasteiger partial charge in [-0.1, -0.05) is 0 Å². The average Bonchev–Trinajstić information content (AvgIpc) is 2.98. The Hall–Kier alpha value is -3.13. The van der Waals surface area contributed by atoms with Crippen LogP contribution in [0.15, 0.2) is 35.1 Å². The molecule has 0 saturated carbocycles. The third-order valence-electron chi connectivity index (χ3n) is 4.06. The molecule has 0 atom stereocenters. The molecule has 26 heavy (non-hydrogen) atoms. The number of fused-ring (bicyclic) bond motifs is 1. The number of benzene rings is 1. The van der Waals surface area contributed by atoms with Crippen LogP contribution in [0.5, 0.6) is 5.75 Å². The highest BCUT2D eigenvalue weighted by molar-refractivity contribution is 5.92. The van der Waals surface area contributed by atoms with Crippen molar-refractivity contribution in [3.8, 4) is 5.75 Å². The van der Waals surface area contributed by atoms with Crippen LogP contribution in [0, 0.1) is 13.8 Å². The maximum Gasteiger partial charge on any atom is 0.266 e. The number of nitrogens with two attached hydrogens (primary N) is 1. The quantitative estimate of drug-likeness (QED) is 0.614. The third-order valence-corrected chi connectivity index (χ3v) is 4.06. The number of anilines is 1. The Kier molecular flexibility index (Phi) is 5.04. The van der Waals surface area contributed by atoms with E-state index in [9.17, 15) is 9.59 Å². The number of hydrogen-bond donors (Lipinski definition) is 3. The Morgan fingerprint density at radius 1 is 1.31 bits per heavy atom. The zero-order chi connectivity index (χ0) is 18.7. The average molecular weight is 355 g/mol. The van der Waals surface area contributed by atoms with Crippen molar-refractivity contribution < 1.29 is 9.53 Å². The summed E-state index contributed by atoms with van der Waals surface area (Å²) < 4.78 is 7.01. The molecule has 8 nitrogen and oxygen atoms in total. The highest BCUT2D eigenvalue weighted by Crippen LogP contribution is 2.17. The van der Waals surface area contributed by atoms with Crippen LogP contribution in [0.1, 0.15) is 17.0 Å². The maximum atomic E-state index is 12.4. The normalized spacial score (nSPS) is 10.9. The van der Waals surface area contributed by atoms with Crippen molar-refractivity contribution in [2.45, 2.75) is 20.3 Å². The van der Waals surface area contributed by atoms with Crippen LogP contribution in [0.4, 0.5) is 5.69 Å². The van der Waals surface area contributed by atoms with Crippen molar-refractivity contribution in [2.75, 3.05) is 18.5 Å². The number of rotatable bonds is 6. The number of aromatic nitrogens is 3. The van der Waals surface area contributed by atoms with E-state index in [1.807, 2.05) is 13.8 Å².